The number of fused-ring (bicyclic) bond motifs is 6. The Kier molecular flexibility index (Phi) is 6.20. The van der Waals surface area contributed by atoms with Crippen molar-refractivity contribution in [2.24, 2.45) is 5.92 Å². The molecule has 7 nitrogen and oxygen atoms in total. The third-order valence-electron chi connectivity index (χ3n) is 9.13. The molecule has 3 aliphatic heterocycles. The van der Waals surface area contributed by atoms with Crippen LogP contribution in [0.5, 0.6) is 11.5 Å². The van der Waals surface area contributed by atoms with E-state index in [4.69, 9.17) is 9.47 Å². The summed E-state index contributed by atoms with van der Waals surface area (Å²) in [5, 5.41) is 3.08. The van der Waals surface area contributed by atoms with Crippen LogP contribution in [0, 0.1) is 12.8 Å². The van der Waals surface area contributed by atoms with Crippen molar-refractivity contribution < 1.29 is 23.9 Å². The van der Waals surface area contributed by atoms with Crippen molar-refractivity contribution in [2.45, 2.75) is 24.4 Å². The van der Waals surface area contributed by atoms with Crippen LogP contribution in [0.4, 0.5) is 5.69 Å². The molecular weight excluding hydrogens is 540 g/mol. The number of aryl methyl sites for hydroxylation is 1. The van der Waals surface area contributed by atoms with Crippen molar-refractivity contribution in [1.82, 2.24) is 4.90 Å². The van der Waals surface area contributed by atoms with Crippen molar-refractivity contribution >= 4 is 29.2 Å². The molecule has 7 heteroatoms. The molecular formula is C36H30N2O5. The number of hydrogen-bond acceptors (Lipinski definition) is 6. The van der Waals surface area contributed by atoms with Gasteiger partial charge in [0.25, 0.3) is 0 Å². The minimum absolute atomic E-state index is 0.233. The van der Waals surface area contributed by atoms with Crippen LogP contribution in [-0.4, -0.2) is 42.6 Å². The number of Topliss-reactive ketones (excluding diaryl/α,β-unsaturated/α-hetero) is 2. The minimum atomic E-state index is -1.42. The number of carbonyl (C=O) groups excluding carboxylic acids is 3. The average Bonchev–Trinajstić information content (AvgIpc) is 3.52. The lowest BCUT2D eigenvalue weighted by Gasteiger charge is -2.38. The molecule has 3 heterocycles. The molecule has 3 aliphatic rings. The number of anilines is 1. The number of carbonyl (C=O) groups is 3. The van der Waals surface area contributed by atoms with Gasteiger partial charge < -0.3 is 19.7 Å². The van der Waals surface area contributed by atoms with E-state index in [9.17, 15) is 9.59 Å². The molecule has 1 fully saturated rings. The lowest BCUT2D eigenvalue weighted by atomic mass is 9.62. The number of amides is 1. The number of benzene rings is 4. The quantitative estimate of drug-likeness (QED) is 0.287. The first-order valence-corrected chi connectivity index (χ1v) is 14.2. The van der Waals surface area contributed by atoms with Crippen molar-refractivity contribution in [3.63, 3.8) is 0 Å². The summed E-state index contributed by atoms with van der Waals surface area (Å²) in [6, 6.07) is 26.1. The molecule has 0 unspecified atom stereocenters. The zero-order valence-electron chi connectivity index (χ0n) is 24.0. The van der Waals surface area contributed by atoms with E-state index in [-0.39, 0.29) is 23.0 Å². The standard InChI is InChI=1S/C36H30N2O5/c1-21-12-14-23(15-13-21)32(39)31-30(33(40)26-20-24(42-2)16-17-29(26)43-3)36(27-10-6-7-11-28(27)37-35(36)41)34-25-9-5-4-8-22(25)18-19-38(31)34/h4-20,30-31,34H,1-3H3,(H,37,41)/t30-,31+,34-,36-/m0/s1. The van der Waals surface area contributed by atoms with Crippen molar-refractivity contribution in [1.29, 1.82) is 0 Å². The number of ether oxygens (including phenoxy) is 2. The van der Waals surface area contributed by atoms with E-state index in [2.05, 4.69) is 5.32 Å². The van der Waals surface area contributed by atoms with Crippen LogP contribution in [0.25, 0.3) is 6.08 Å². The Labute approximate surface area is 249 Å². The molecule has 0 aliphatic carbocycles. The number of hydrogen-bond donors (Lipinski definition) is 1. The second-order valence-electron chi connectivity index (χ2n) is 11.2. The number of para-hydroxylation sites is 1. The summed E-state index contributed by atoms with van der Waals surface area (Å²) in [6.45, 7) is 1.96. The highest BCUT2D eigenvalue weighted by atomic mass is 16.5. The number of rotatable bonds is 6. The Balaban J connectivity index is 1.55. The van der Waals surface area contributed by atoms with E-state index in [1.165, 1.54) is 14.2 Å². The summed E-state index contributed by atoms with van der Waals surface area (Å²) in [5.74, 6) is -1.21. The van der Waals surface area contributed by atoms with Crippen LogP contribution >= 0.6 is 0 Å². The summed E-state index contributed by atoms with van der Waals surface area (Å²) in [5.41, 5.74) is 3.47. The first-order valence-electron chi connectivity index (χ1n) is 14.2. The van der Waals surface area contributed by atoms with Gasteiger partial charge in [0.05, 0.1) is 31.7 Å². The molecule has 0 bridgehead atoms. The maximum Gasteiger partial charge on any atom is 0.238 e. The summed E-state index contributed by atoms with van der Waals surface area (Å²) in [6.07, 6.45) is 3.82. The van der Waals surface area contributed by atoms with Crippen LogP contribution in [-0.2, 0) is 10.2 Å². The minimum Gasteiger partial charge on any atom is -0.497 e. The molecule has 1 spiro atoms. The maximum absolute atomic E-state index is 15.1. The lowest BCUT2D eigenvalue weighted by Crippen LogP contribution is -2.49. The van der Waals surface area contributed by atoms with Crippen molar-refractivity contribution in [3.8, 4) is 11.5 Å². The Morgan fingerprint density at radius 1 is 0.860 bits per heavy atom. The number of nitrogens with zero attached hydrogens (tertiary/aromatic N) is 1. The lowest BCUT2D eigenvalue weighted by molar-refractivity contribution is -0.122. The molecule has 0 aromatic heterocycles. The van der Waals surface area contributed by atoms with E-state index in [0.717, 1.165) is 16.7 Å². The van der Waals surface area contributed by atoms with Gasteiger partial charge in [-0.1, -0.05) is 72.3 Å². The van der Waals surface area contributed by atoms with Gasteiger partial charge in [-0.05, 0) is 54.0 Å². The van der Waals surface area contributed by atoms with Crippen LogP contribution in [0.15, 0.2) is 97.2 Å². The monoisotopic (exact) mass is 570 g/mol. The van der Waals surface area contributed by atoms with Gasteiger partial charge in [0, 0.05) is 17.5 Å². The van der Waals surface area contributed by atoms with Crippen LogP contribution < -0.4 is 14.8 Å². The van der Waals surface area contributed by atoms with Gasteiger partial charge in [-0.15, -0.1) is 0 Å². The maximum atomic E-state index is 15.1. The highest BCUT2D eigenvalue weighted by molar-refractivity contribution is 6.17. The fourth-order valence-electron chi connectivity index (χ4n) is 7.23. The van der Waals surface area contributed by atoms with Crippen molar-refractivity contribution in [2.75, 3.05) is 19.5 Å². The normalized spacial score (nSPS) is 22.9. The van der Waals surface area contributed by atoms with Gasteiger partial charge in [-0.2, -0.15) is 0 Å². The molecule has 1 amide bonds. The smallest absolute Gasteiger partial charge is 0.238 e. The Morgan fingerprint density at radius 3 is 2.37 bits per heavy atom. The fourth-order valence-corrected chi connectivity index (χ4v) is 7.23. The van der Waals surface area contributed by atoms with E-state index >= 15 is 4.79 Å². The van der Waals surface area contributed by atoms with Gasteiger partial charge >= 0.3 is 0 Å². The van der Waals surface area contributed by atoms with E-state index in [1.807, 2.05) is 84.8 Å². The molecule has 43 heavy (non-hydrogen) atoms. The van der Waals surface area contributed by atoms with Gasteiger partial charge in [0.2, 0.25) is 5.91 Å². The zero-order chi connectivity index (χ0) is 29.9. The SMILES string of the molecule is COc1ccc(OC)c(C(=O)[C@@H]2[C@H](C(=O)c3ccc(C)cc3)N3C=Cc4ccccc4[C@H]3[C@@]23C(=O)Nc2ccccc23)c1. The highest BCUT2D eigenvalue weighted by Crippen LogP contribution is 2.62. The van der Waals surface area contributed by atoms with Gasteiger partial charge in [0.1, 0.15) is 23.0 Å². The summed E-state index contributed by atoms with van der Waals surface area (Å²) in [7, 11) is 3.03. The molecule has 4 atom stereocenters. The first-order chi connectivity index (χ1) is 20.9. The Hall–Kier alpha value is -5.17. The second-order valence-corrected chi connectivity index (χ2v) is 11.2. The molecule has 0 saturated carbocycles. The second kappa shape index (κ2) is 9.98. The predicted molar refractivity (Wildman–Crippen MR) is 163 cm³/mol. The molecule has 4 aromatic carbocycles. The van der Waals surface area contributed by atoms with E-state index in [1.54, 1.807) is 30.3 Å². The average molecular weight is 571 g/mol. The number of ketones is 2. The third-order valence-corrected chi connectivity index (χ3v) is 9.13. The summed E-state index contributed by atoms with van der Waals surface area (Å²) in [4.78, 5) is 46.4. The third kappa shape index (κ3) is 3.77. The van der Waals surface area contributed by atoms with Gasteiger partial charge in [-0.25, -0.2) is 0 Å². The first kappa shape index (κ1) is 26.7. The molecule has 214 valence electrons. The topological polar surface area (TPSA) is 84.9 Å². The fraction of sp³-hybridized carbons (Fsp3) is 0.194. The number of methoxy groups -OCH3 is 2. The van der Waals surface area contributed by atoms with Crippen molar-refractivity contribution in [3.05, 3.63) is 131 Å². The number of nitrogens with one attached hydrogen (secondary N) is 1. The van der Waals surface area contributed by atoms with Crippen LogP contribution in [0.3, 0.4) is 0 Å². The Morgan fingerprint density at radius 2 is 1.60 bits per heavy atom. The van der Waals surface area contributed by atoms with Crippen LogP contribution in [0.2, 0.25) is 0 Å². The van der Waals surface area contributed by atoms with Gasteiger partial charge in [0.15, 0.2) is 11.6 Å². The molecule has 0 radical (unpaired) electrons. The van der Waals surface area contributed by atoms with E-state index in [0.29, 0.717) is 28.3 Å². The molecule has 1 saturated heterocycles. The Bertz CT molecular complexity index is 1830. The molecule has 1 N–H and O–H groups in total. The zero-order valence-corrected chi connectivity index (χ0v) is 24.0. The van der Waals surface area contributed by atoms with Gasteiger partial charge in [-0.3, -0.25) is 14.4 Å². The van der Waals surface area contributed by atoms with Crippen LogP contribution in [0.1, 0.15) is 49.0 Å². The largest absolute Gasteiger partial charge is 0.497 e. The van der Waals surface area contributed by atoms with E-state index < -0.39 is 23.4 Å². The molecule has 7 rings (SSSR count). The summed E-state index contributed by atoms with van der Waals surface area (Å²) < 4.78 is 11.1. The molecule has 4 aromatic rings. The summed E-state index contributed by atoms with van der Waals surface area (Å²) >= 11 is 0. The predicted octanol–water partition coefficient (Wildman–Crippen LogP) is 5.99. The highest BCUT2D eigenvalue weighted by Gasteiger charge is 2.70.